The average Bonchev–Trinajstić information content (AvgIpc) is 2.68. The second-order valence-electron chi connectivity index (χ2n) is 6.10. The third-order valence-corrected chi connectivity index (χ3v) is 3.93. The molecular weight excluding hydrogens is 339 g/mol. The van der Waals surface area contributed by atoms with E-state index in [1.54, 1.807) is 19.2 Å². The van der Waals surface area contributed by atoms with Gasteiger partial charge in [0.05, 0.1) is 12.8 Å². The largest absolute Gasteiger partial charge is 0.495 e. The van der Waals surface area contributed by atoms with E-state index in [-0.39, 0.29) is 11.9 Å². The van der Waals surface area contributed by atoms with Gasteiger partial charge in [0, 0.05) is 25.8 Å². The maximum atomic E-state index is 12.9. The van der Waals surface area contributed by atoms with Gasteiger partial charge in [-0.15, -0.1) is 0 Å². The van der Waals surface area contributed by atoms with Crippen LogP contribution in [0.2, 0.25) is 0 Å². The Morgan fingerprint density at radius 2 is 1.78 bits per heavy atom. The van der Waals surface area contributed by atoms with Gasteiger partial charge < -0.3 is 15.0 Å². The van der Waals surface area contributed by atoms with Crippen LogP contribution >= 0.6 is 0 Å². The standard InChI is InChI=1S/C21H25FN2O.C2H6/c1-15(6-7-17-8-11-19(22)12-9-17)23-16(2)18-10-13-21(25-5)20(14-18)24(3)4;1-2/h6-14,16,23H,1H2,2-5H3;1-2H3/b7-6+;. The first kappa shape index (κ1) is 22.3. The highest BCUT2D eigenvalue weighted by Crippen LogP contribution is 2.30. The number of methoxy groups -OCH3 is 1. The summed E-state index contributed by atoms with van der Waals surface area (Å²) in [6.45, 7) is 10.1. The number of anilines is 1. The van der Waals surface area contributed by atoms with Gasteiger partial charge in [-0.2, -0.15) is 0 Å². The van der Waals surface area contributed by atoms with Crippen molar-refractivity contribution in [3.8, 4) is 5.75 Å². The normalized spacial score (nSPS) is 11.4. The van der Waals surface area contributed by atoms with Crippen LogP contribution in [-0.4, -0.2) is 21.2 Å². The summed E-state index contributed by atoms with van der Waals surface area (Å²) in [7, 11) is 5.65. The number of ether oxygens (including phenoxy) is 1. The maximum Gasteiger partial charge on any atom is 0.142 e. The van der Waals surface area contributed by atoms with Gasteiger partial charge in [-0.1, -0.05) is 44.7 Å². The Morgan fingerprint density at radius 1 is 1.15 bits per heavy atom. The first-order chi connectivity index (χ1) is 12.9. The molecule has 4 heteroatoms. The lowest BCUT2D eigenvalue weighted by atomic mass is 10.1. The van der Waals surface area contributed by atoms with E-state index in [0.717, 1.165) is 28.3 Å². The molecule has 0 aromatic heterocycles. The quantitative estimate of drug-likeness (QED) is 0.623. The lowest BCUT2D eigenvalue weighted by Crippen LogP contribution is -2.17. The van der Waals surface area contributed by atoms with E-state index in [9.17, 15) is 4.39 Å². The van der Waals surface area contributed by atoms with Crippen molar-refractivity contribution in [3.05, 3.63) is 77.8 Å². The molecule has 2 aromatic carbocycles. The van der Waals surface area contributed by atoms with Gasteiger partial charge in [0.1, 0.15) is 11.6 Å². The SMILES string of the molecule is C=C(/C=C/c1ccc(F)cc1)NC(C)c1ccc(OC)c(N(C)C)c1.CC. The molecule has 0 bridgehead atoms. The number of nitrogens with one attached hydrogen (secondary N) is 1. The van der Waals surface area contributed by atoms with E-state index in [0.29, 0.717) is 0 Å². The van der Waals surface area contributed by atoms with Crippen LogP contribution in [0.5, 0.6) is 5.75 Å². The van der Waals surface area contributed by atoms with Crippen molar-refractivity contribution in [2.45, 2.75) is 26.8 Å². The minimum absolute atomic E-state index is 0.0926. The van der Waals surface area contributed by atoms with Gasteiger partial charge in [-0.3, -0.25) is 0 Å². The van der Waals surface area contributed by atoms with Gasteiger partial charge in [0.2, 0.25) is 0 Å². The molecule has 0 heterocycles. The number of hydrogen-bond acceptors (Lipinski definition) is 3. The van der Waals surface area contributed by atoms with Gasteiger partial charge in [-0.05, 0) is 48.4 Å². The van der Waals surface area contributed by atoms with Gasteiger partial charge in [0.15, 0.2) is 0 Å². The lowest BCUT2D eigenvalue weighted by Gasteiger charge is -2.21. The van der Waals surface area contributed by atoms with Crippen LogP contribution in [0.4, 0.5) is 10.1 Å². The van der Waals surface area contributed by atoms with E-state index in [1.807, 2.05) is 57.1 Å². The molecule has 146 valence electrons. The van der Waals surface area contributed by atoms with E-state index in [1.165, 1.54) is 12.1 Å². The zero-order chi connectivity index (χ0) is 20.4. The Bertz CT molecular complexity index is 751. The molecule has 1 N–H and O–H groups in total. The molecule has 0 saturated carbocycles. The van der Waals surface area contributed by atoms with E-state index in [2.05, 4.69) is 24.9 Å². The van der Waals surface area contributed by atoms with Crippen molar-refractivity contribution in [3.63, 3.8) is 0 Å². The minimum Gasteiger partial charge on any atom is -0.495 e. The van der Waals surface area contributed by atoms with Crippen LogP contribution in [-0.2, 0) is 0 Å². The second-order valence-corrected chi connectivity index (χ2v) is 6.10. The summed E-state index contributed by atoms with van der Waals surface area (Å²) in [6.07, 6.45) is 3.79. The number of nitrogens with zero attached hydrogens (tertiary/aromatic N) is 1. The highest BCUT2D eigenvalue weighted by atomic mass is 19.1. The van der Waals surface area contributed by atoms with E-state index < -0.39 is 0 Å². The predicted octanol–water partition coefficient (Wildman–Crippen LogP) is 5.80. The molecule has 3 nitrogen and oxygen atoms in total. The molecule has 27 heavy (non-hydrogen) atoms. The Morgan fingerprint density at radius 3 is 2.33 bits per heavy atom. The molecule has 2 aromatic rings. The third-order valence-electron chi connectivity index (χ3n) is 3.93. The third kappa shape index (κ3) is 6.81. The first-order valence-corrected chi connectivity index (χ1v) is 9.15. The molecule has 1 atom stereocenters. The van der Waals surface area contributed by atoms with Crippen LogP contribution in [0.15, 0.2) is 60.8 Å². The first-order valence-electron chi connectivity index (χ1n) is 9.15. The summed E-state index contributed by atoms with van der Waals surface area (Å²) in [6, 6.07) is 12.6. The topological polar surface area (TPSA) is 24.5 Å². The fraction of sp³-hybridized carbons (Fsp3) is 0.304. The summed E-state index contributed by atoms with van der Waals surface area (Å²) >= 11 is 0. The van der Waals surface area contributed by atoms with E-state index >= 15 is 0 Å². The van der Waals surface area contributed by atoms with Gasteiger partial charge in [0.25, 0.3) is 0 Å². The number of rotatable bonds is 7. The summed E-state index contributed by atoms with van der Waals surface area (Å²) in [5, 5.41) is 3.37. The fourth-order valence-electron chi connectivity index (χ4n) is 2.51. The van der Waals surface area contributed by atoms with Crippen LogP contribution in [0, 0.1) is 5.82 Å². The monoisotopic (exact) mass is 370 g/mol. The predicted molar refractivity (Wildman–Crippen MR) is 115 cm³/mol. The minimum atomic E-state index is -0.237. The van der Waals surface area contributed by atoms with Crippen molar-refractivity contribution in [2.75, 3.05) is 26.1 Å². The molecule has 0 spiro atoms. The van der Waals surface area contributed by atoms with Crippen molar-refractivity contribution in [2.24, 2.45) is 0 Å². The molecular formula is C23H31FN2O. The smallest absolute Gasteiger partial charge is 0.142 e. The summed E-state index contributed by atoms with van der Waals surface area (Å²) in [5.41, 5.74) is 3.89. The molecule has 2 rings (SSSR count). The molecule has 0 radical (unpaired) electrons. The van der Waals surface area contributed by atoms with Crippen LogP contribution < -0.4 is 15.0 Å². The Hall–Kier alpha value is -2.75. The Labute approximate surface area is 163 Å². The molecule has 0 aliphatic rings. The number of benzene rings is 2. The molecule has 0 saturated heterocycles. The zero-order valence-electron chi connectivity index (χ0n) is 17.2. The van der Waals surface area contributed by atoms with Crippen LogP contribution in [0.25, 0.3) is 6.08 Å². The fourth-order valence-corrected chi connectivity index (χ4v) is 2.51. The van der Waals surface area contributed by atoms with Crippen LogP contribution in [0.1, 0.15) is 37.9 Å². The van der Waals surface area contributed by atoms with Crippen molar-refractivity contribution >= 4 is 11.8 Å². The average molecular weight is 371 g/mol. The lowest BCUT2D eigenvalue weighted by molar-refractivity contribution is 0.415. The summed E-state index contributed by atoms with van der Waals surface area (Å²) in [4.78, 5) is 2.03. The molecule has 1 unspecified atom stereocenters. The highest BCUT2D eigenvalue weighted by molar-refractivity contribution is 5.59. The molecule has 0 aliphatic heterocycles. The highest BCUT2D eigenvalue weighted by Gasteiger charge is 2.11. The molecule has 0 amide bonds. The zero-order valence-corrected chi connectivity index (χ0v) is 17.2. The molecule has 0 fully saturated rings. The maximum absolute atomic E-state index is 12.9. The van der Waals surface area contributed by atoms with Crippen molar-refractivity contribution < 1.29 is 9.13 Å². The van der Waals surface area contributed by atoms with Gasteiger partial charge >= 0.3 is 0 Å². The second kappa shape index (κ2) is 11.1. The van der Waals surface area contributed by atoms with E-state index in [4.69, 9.17) is 4.74 Å². The Balaban J connectivity index is 0.00000176. The summed E-state index contributed by atoms with van der Waals surface area (Å²) in [5.74, 6) is 0.606. The number of hydrogen-bond donors (Lipinski definition) is 1. The number of allylic oxidation sites excluding steroid dienone is 1. The van der Waals surface area contributed by atoms with Crippen molar-refractivity contribution in [1.82, 2.24) is 5.32 Å². The van der Waals surface area contributed by atoms with Crippen LogP contribution in [0.3, 0.4) is 0 Å². The summed E-state index contributed by atoms with van der Waals surface area (Å²) < 4.78 is 18.3. The van der Waals surface area contributed by atoms with Crippen molar-refractivity contribution in [1.29, 1.82) is 0 Å². The van der Waals surface area contributed by atoms with Gasteiger partial charge in [-0.25, -0.2) is 4.39 Å². The molecule has 0 aliphatic carbocycles. The number of halogens is 1. The Kier molecular flexibility index (Phi) is 9.14.